The number of benzene rings is 1. The van der Waals surface area contributed by atoms with Gasteiger partial charge in [-0.15, -0.1) is 0 Å². The summed E-state index contributed by atoms with van der Waals surface area (Å²) in [6, 6.07) is 7.10. The number of Topliss-reactive ketones (excluding diaryl/α,β-unsaturated/α-hetero) is 2. The molecule has 1 aromatic rings. The van der Waals surface area contributed by atoms with Crippen molar-refractivity contribution < 1.29 is 9.59 Å². The molecule has 0 N–H and O–H groups in total. The van der Waals surface area contributed by atoms with Gasteiger partial charge in [-0.2, -0.15) is 0 Å². The molecule has 0 fully saturated rings. The van der Waals surface area contributed by atoms with Gasteiger partial charge in [-0.25, -0.2) is 0 Å². The molecule has 3 heteroatoms. The fraction of sp³-hybridized carbons (Fsp3) is 0.375. The van der Waals surface area contributed by atoms with Gasteiger partial charge in [0.05, 0.1) is 0 Å². The van der Waals surface area contributed by atoms with Crippen molar-refractivity contribution in [3.63, 3.8) is 0 Å². The standard InChI is InChI=1S/C16H17BrO2/c1-11-12(7-3-2-6-10-17)16(19)14-9-5-4-8-13(14)15(11)18/h4-5,8-9H,2-3,6-7,10H2,1H3. The number of rotatable bonds is 5. The zero-order valence-electron chi connectivity index (χ0n) is 11.0. The fourth-order valence-corrected chi connectivity index (χ4v) is 2.82. The maximum atomic E-state index is 12.4. The van der Waals surface area contributed by atoms with E-state index in [9.17, 15) is 9.59 Å². The Labute approximate surface area is 122 Å². The summed E-state index contributed by atoms with van der Waals surface area (Å²) in [6.45, 7) is 1.77. The molecule has 0 radical (unpaired) electrons. The van der Waals surface area contributed by atoms with E-state index in [1.165, 1.54) is 0 Å². The Bertz CT molecular complexity index is 543. The number of allylic oxidation sites excluding steroid dienone is 2. The van der Waals surface area contributed by atoms with Gasteiger partial charge in [0.15, 0.2) is 11.6 Å². The average Bonchev–Trinajstić information content (AvgIpc) is 2.44. The number of carbonyl (C=O) groups is 2. The van der Waals surface area contributed by atoms with E-state index >= 15 is 0 Å². The van der Waals surface area contributed by atoms with Crippen LogP contribution >= 0.6 is 15.9 Å². The highest BCUT2D eigenvalue weighted by Gasteiger charge is 2.28. The molecule has 0 unspecified atom stereocenters. The number of fused-ring (bicyclic) bond motifs is 1. The number of unbranched alkanes of at least 4 members (excludes halogenated alkanes) is 2. The first-order valence-corrected chi connectivity index (χ1v) is 7.73. The minimum atomic E-state index is 0.00527. The molecule has 1 aliphatic rings. The lowest BCUT2D eigenvalue weighted by Crippen LogP contribution is -2.20. The van der Waals surface area contributed by atoms with Crippen molar-refractivity contribution in [2.45, 2.75) is 32.6 Å². The third-order valence-corrected chi connectivity index (χ3v) is 4.10. The molecule has 0 bridgehead atoms. The minimum absolute atomic E-state index is 0.00527. The summed E-state index contributed by atoms with van der Waals surface area (Å²) in [6.07, 6.45) is 3.84. The minimum Gasteiger partial charge on any atom is -0.289 e. The molecule has 0 amide bonds. The Morgan fingerprint density at radius 3 is 2.21 bits per heavy atom. The smallest absolute Gasteiger partial charge is 0.190 e. The predicted molar refractivity (Wildman–Crippen MR) is 80.1 cm³/mol. The van der Waals surface area contributed by atoms with Crippen LogP contribution in [-0.2, 0) is 0 Å². The van der Waals surface area contributed by atoms with Gasteiger partial charge >= 0.3 is 0 Å². The zero-order valence-corrected chi connectivity index (χ0v) is 12.6. The molecule has 0 aliphatic heterocycles. The van der Waals surface area contributed by atoms with Crippen LogP contribution in [0, 0.1) is 0 Å². The van der Waals surface area contributed by atoms with Crippen LogP contribution in [0.5, 0.6) is 0 Å². The van der Waals surface area contributed by atoms with Crippen LogP contribution in [0.25, 0.3) is 0 Å². The first-order chi connectivity index (χ1) is 9.16. The third-order valence-electron chi connectivity index (χ3n) is 3.54. The number of hydrogen-bond acceptors (Lipinski definition) is 2. The topological polar surface area (TPSA) is 34.1 Å². The molecule has 0 saturated heterocycles. The first-order valence-electron chi connectivity index (χ1n) is 6.61. The van der Waals surface area contributed by atoms with E-state index in [0.717, 1.165) is 24.6 Å². The SMILES string of the molecule is CC1=C(CCCCCBr)C(=O)c2ccccc2C1=O. The van der Waals surface area contributed by atoms with Crippen molar-refractivity contribution >= 4 is 27.5 Å². The van der Waals surface area contributed by atoms with E-state index in [1.807, 2.05) is 6.07 Å². The van der Waals surface area contributed by atoms with Crippen LogP contribution in [0.4, 0.5) is 0 Å². The monoisotopic (exact) mass is 320 g/mol. The maximum Gasteiger partial charge on any atom is 0.190 e. The molecule has 0 spiro atoms. The molecule has 0 heterocycles. The van der Waals surface area contributed by atoms with Crippen molar-refractivity contribution in [2.75, 3.05) is 5.33 Å². The highest BCUT2D eigenvalue weighted by molar-refractivity contribution is 9.09. The lowest BCUT2D eigenvalue weighted by Gasteiger charge is -2.18. The summed E-state index contributed by atoms with van der Waals surface area (Å²) in [4.78, 5) is 24.7. The molecule has 0 atom stereocenters. The van der Waals surface area contributed by atoms with Gasteiger partial charge in [-0.3, -0.25) is 9.59 Å². The highest BCUT2D eigenvalue weighted by atomic mass is 79.9. The van der Waals surface area contributed by atoms with Gasteiger partial charge < -0.3 is 0 Å². The molecular weight excluding hydrogens is 304 g/mol. The van der Waals surface area contributed by atoms with Gasteiger partial charge in [0, 0.05) is 27.6 Å². The Balaban J connectivity index is 2.22. The van der Waals surface area contributed by atoms with Crippen molar-refractivity contribution in [3.05, 3.63) is 46.5 Å². The molecule has 0 saturated carbocycles. The van der Waals surface area contributed by atoms with Crippen molar-refractivity contribution in [3.8, 4) is 0 Å². The van der Waals surface area contributed by atoms with Crippen LogP contribution in [0.3, 0.4) is 0 Å². The highest BCUT2D eigenvalue weighted by Crippen LogP contribution is 2.28. The Morgan fingerprint density at radius 2 is 1.58 bits per heavy atom. The Kier molecular flexibility index (Phi) is 4.70. The van der Waals surface area contributed by atoms with E-state index in [0.29, 0.717) is 28.7 Å². The lowest BCUT2D eigenvalue weighted by atomic mass is 9.83. The Morgan fingerprint density at radius 1 is 0.947 bits per heavy atom. The van der Waals surface area contributed by atoms with Gasteiger partial charge in [0.1, 0.15) is 0 Å². The van der Waals surface area contributed by atoms with E-state index in [1.54, 1.807) is 25.1 Å². The third kappa shape index (κ3) is 2.86. The number of alkyl halides is 1. The van der Waals surface area contributed by atoms with Crippen LogP contribution in [-0.4, -0.2) is 16.9 Å². The largest absolute Gasteiger partial charge is 0.289 e. The molecule has 2 nitrogen and oxygen atoms in total. The van der Waals surface area contributed by atoms with E-state index in [4.69, 9.17) is 0 Å². The van der Waals surface area contributed by atoms with Gasteiger partial charge in [-0.05, 0) is 26.2 Å². The maximum absolute atomic E-state index is 12.4. The average molecular weight is 321 g/mol. The second-order valence-corrected chi connectivity index (χ2v) is 5.60. The van der Waals surface area contributed by atoms with E-state index in [-0.39, 0.29) is 11.6 Å². The summed E-state index contributed by atoms with van der Waals surface area (Å²) < 4.78 is 0. The molecule has 0 aromatic heterocycles. The van der Waals surface area contributed by atoms with Crippen LogP contribution < -0.4 is 0 Å². The molecular formula is C16H17BrO2. The molecule has 100 valence electrons. The second-order valence-electron chi connectivity index (χ2n) is 4.81. The number of ketones is 2. The summed E-state index contributed by atoms with van der Waals surface area (Å²) in [5.41, 5.74) is 2.45. The quantitative estimate of drug-likeness (QED) is 0.597. The van der Waals surface area contributed by atoms with Gasteiger partial charge in [-0.1, -0.05) is 46.6 Å². The summed E-state index contributed by atoms with van der Waals surface area (Å²) in [7, 11) is 0. The summed E-state index contributed by atoms with van der Waals surface area (Å²) in [5, 5.41) is 0.987. The molecule has 1 aliphatic carbocycles. The van der Waals surface area contributed by atoms with Crippen LogP contribution in [0.15, 0.2) is 35.4 Å². The predicted octanol–water partition coefficient (Wildman–Crippen LogP) is 4.34. The lowest BCUT2D eigenvalue weighted by molar-refractivity contribution is 0.0971. The number of halogens is 1. The molecule has 2 rings (SSSR count). The van der Waals surface area contributed by atoms with Crippen LogP contribution in [0.1, 0.15) is 53.3 Å². The van der Waals surface area contributed by atoms with E-state index in [2.05, 4.69) is 15.9 Å². The number of hydrogen-bond donors (Lipinski definition) is 0. The fourth-order valence-electron chi connectivity index (χ4n) is 2.43. The normalized spacial score (nSPS) is 14.8. The van der Waals surface area contributed by atoms with Crippen molar-refractivity contribution in [1.29, 1.82) is 0 Å². The Hall–Kier alpha value is -1.22. The van der Waals surface area contributed by atoms with Crippen molar-refractivity contribution in [2.24, 2.45) is 0 Å². The summed E-state index contributed by atoms with van der Waals surface area (Å²) >= 11 is 3.40. The summed E-state index contributed by atoms with van der Waals surface area (Å²) in [5.74, 6) is 0.0391. The van der Waals surface area contributed by atoms with Gasteiger partial charge in [0.2, 0.25) is 0 Å². The van der Waals surface area contributed by atoms with Crippen molar-refractivity contribution in [1.82, 2.24) is 0 Å². The zero-order chi connectivity index (χ0) is 13.8. The molecule has 19 heavy (non-hydrogen) atoms. The number of carbonyl (C=O) groups excluding carboxylic acids is 2. The second kappa shape index (κ2) is 6.29. The first kappa shape index (κ1) is 14.2. The van der Waals surface area contributed by atoms with Gasteiger partial charge in [0.25, 0.3) is 0 Å². The van der Waals surface area contributed by atoms with Crippen LogP contribution in [0.2, 0.25) is 0 Å². The van der Waals surface area contributed by atoms with E-state index < -0.39 is 0 Å². The molecule has 1 aromatic carbocycles.